The van der Waals surface area contributed by atoms with Gasteiger partial charge in [0.15, 0.2) is 5.69 Å². The van der Waals surface area contributed by atoms with Crippen molar-refractivity contribution in [2.24, 2.45) is 5.92 Å². The number of likely N-dealkylation sites (tertiary alicyclic amines) is 1. The van der Waals surface area contributed by atoms with Gasteiger partial charge in [0.05, 0.1) is 13.0 Å². The number of nitrogens with zero attached hydrogens (tertiary/aromatic N) is 1. The maximum absolute atomic E-state index is 12.5. The van der Waals surface area contributed by atoms with E-state index >= 15 is 0 Å². The Balaban J connectivity index is 2.67. The molecule has 0 spiro atoms. The summed E-state index contributed by atoms with van der Waals surface area (Å²) in [5.41, 5.74) is 0.270. The van der Waals surface area contributed by atoms with Crippen molar-refractivity contribution in [3.63, 3.8) is 0 Å². The second-order valence-electron chi connectivity index (χ2n) is 5.05. The molecule has 1 aromatic rings. The molecule has 3 unspecified atom stereocenters. The molecule has 1 heterocycles. The van der Waals surface area contributed by atoms with Crippen LogP contribution in [0.2, 0.25) is 10.0 Å². The van der Waals surface area contributed by atoms with E-state index in [1.165, 1.54) is 0 Å². The lowest BCUT2D eigenvalue weighted by Gasteiger charge is -2.44. The minimum absolute atomic E-state index is 0.0589. The van der Waals surface area contributed by atoms with E-state index in [0.717, 1.165) is 0 Å². The average molecular weight is 333 g/mol. The molecule has 0 aliphatic carbocycles. The van der Waals surface area contributed by atoms with Gasteiger partial charge in [-0.05, 0) is 25.5 Å². The molecular formula is C14H16Cl2NO4+. The van der Waals surface area contributed by atoms with Crippen molar-refractivity contribution in [3.8, 4) is 0 Å². The number of piperidine rings is 1. The number of para-hydroxylation sites is 1. The minimum Gasteiger partial charge on any atom is -0.481 e. The number of aliphatic carboxylic acids is 1. The number of rotatable bonds is 3. The second kappa shape index (κ2) is 5.93. The van der Waals surface area contributed by atoms with Crippen LogP contribution in [0.5, 0.6) is 0 Å². The number of quaternary nitrogens is 1. The van der Waals surface area contributed by atoms with E-state index < -0.39 is 22.6 Å². The molecule has 2 N–H and O–H groups in total. The smallest absolute Gasteiger partial charge is 0.320 e. The number of aliphatic hydroxyl groups excluding tert-OH is 1. The van der Waals surface area contributed by atoms with E-state index in [9.17, 15) is 19.8 Å². The second-order valence-corrected chi connectivity index (χ2v) is 5.86. The molecule has 5 nitrogen and oxygen atoms in total. The van der Waals surface area contributed by atoms with Gasteiger partial charge in [0.1, 0.15) is 16.0 Å². The largest absolute Gasteiger partial charge is 0.481 e. The molecule has 1 aliphatic heterocycles. The van der Waals surface area contributed by atoms with Gasteiger partial charge < -0.3 is 10.2 Å². The summed E-state index contributed by atoms with van der Waals surface area (Å²) in [7, 11) is 0. The topological polar surface area (TPSA) is 74.6 Å². The van der Waals surface area contributed by atoms with Crippen molar-refractivity contribution < 1.29 is 19.8 Å². The maximum atomic E-state index is 12.5. The fourth-order valence-corrected chi connectivity index (χ4v) is 3.68. The monoisotopic (exact) mass is 332 g/mol. The fourth-order valence-electron chi connectivity index (χ4n) is 2.98. The van der Waals surface area contributed by atoms with Crippen molar-refractivity contribution in [2.75, 3.05) is 6.54 Å². The van der Waals surface area contributed by atoms with Gasteiger partial charge in [-0.2, -0.15) is 0 Å². The highest BCUT2D eigenvalue weighted by molar-refractivity contribution is 6.39. The van der Waals surface area contributed by atoms with Crippen molar-refractivity contribution in [1.29, 1.82) is 0 Å². The van der Waals surface area contributed by atoms with Gasteiger partial charge in [0, 0.05) is 0 Å². The lowest BCUT2D eigenvalue weighted by Crippen LogP contribution is -2.67. The van der Waals surface area contributed by atoms with Gasteiger partial charge in [-0.15, -0.1) is 0 Å². The Labute approximate surface area is 132 Å². The molecule has 1 fully saturated rings. The summed E-state index contributed by atoms with van der Waals surface area (Å²) >= 11 is 12.4. The van der Waals surface area contributed by atoms with Crippen LogP contribution in [-0.4, -0.2) is 34.9 Å². The summed E-state index contributed by atoms with van der Waals surface area (Å²) in [5.74, 6) is -2.44. The molecule has 1 aliphatic rings. The van der Waals surface area contributed by atoms with Gasteiger partial charge in [0.2, 0.25) is 6.23 Å². The minimum atomic E-state index is -1.41. The van der Waals surface area contributed by atoms with Crippen LogP contribution in [0, 0.1) is 5.92 Å². The summed E-state index contributed by atoms with van der Waals surface area (Å²) in [6.45, 7) is 1.87. The van der Waals surface area contributed by atoms with Gasteiger partial charge in [-0.1, -0.05) is 29.3 Å². The number of aliphatic hydroxyl groups is 1. The van der Waals surface area contributed by atoms with Crippen LogP contribution in [0.4, 0.5) is 5.69 Å². The number of halogens is 2. The molecule has 1 amide bonds. The van der Waals surface area contributed by atoms with Crippen LogP contribution in [0.25, 0.3) is 0 Å². The molecule has 2 rings (SSSR count). The highest BCUT2D eigenvalue weighted by Crippen LogP contribution is 2.44. The van der Waals surface area contributed by atoms with E-state index in [1.54, 1.807) is 25.1 Å². The van der Waals surface area contributed by atoms with Crippen molar-refractivity contribution in [2.45, 2.75) is 26.0 Å². The van der Waals surface area contributed by atoms with Crippen LogP contribution >= 0.6 is 23.2 Å². The molecule has 0 radical (unpaired) electrons. The molecule has 21 heavy (non-hydrogen) atoms. The Morgan fingerprint density at radius 1 is 1.38 bits per heavy atom. The molecule has 1 saturated heterocycles. The third-order valence-corrected chi connectivity index (χ3v) is 4.69. The van der Waals surface area contributed by atoms with Crippen molar-refractivity contribution >= 4 is 40.8 Å². The predicted molar refractivity (Wildman–Crippen MR) is 80.2 cm³/mol. The Kier molecular flexibility index (Phi) is 4.58. The number of hydrogen-bond acceptors (Lipinski definition) is 3. The predicted octanol–water partition coefficient (Wildman–Crippen LogP) is 2.66. The zero-order valence-corrected chi connectivity index (χ0v) is 12.9. The molecular weight excluding hydrogens is 317 g/mol. The summed E-state index contributed by atoms with van der Waals surface area (Å²) in [5, 5.41) is 20.3. The zero-order chi connectivity index (χ0) is 15.8. The van der Waals surface area contributed by atoms with Gasteiger partial charge in [0.25, 0.3) is 0 Å². The number of carbonyl (C=O) groups excluding carboxylic acids is 1. The van der Waals surface area contributed by atoms with Crippen molar-refractivity contribution in [3.05, 3.63) is 28.2 Å². The summed E-state index contributed by atoms with van der Waals surface area (Å²) in [6.07, 6.45) is -1.24. The van der Waals surface area contributed by atoms with Crippen LogP contribution in [0.1, 0.15) is 19.8 Å². The van der Waals surface area contributed by atoms with E-state index in [2.05, 4.69) is 0 Å². The third kappa shape index (κ3) is 2.44. The normalized spacial score (nSPS) is 29.4. The molecule has 114 valence electrons. The van der Waals surface area contributed by atoms with Gasteiger partial charge >= 0.3 is 11.9 Å². The number of hydrogen-bond donors (Lipinski definition) is 2. The SMILES string of the molecule is CC[N+]1(c2c(Cl)cccc2Cl)C(=O)CCC(C(=O)O)C1O. The number of carboxylic acids is 1. The number of amides is 1. The molecule has 0 saturated carbocycles. The zero-order valence-electron chi connectivity index (χ0n) is 11.4. The molecule has 0 bridgehead atoms. The quantitative estimate of drug-likeness (QED) is 0.834. The van der Waals surface area contributed by atoms with E-state index in [1.807, 2.05) is 0 Å². The molecule has 7 heteroatoms. The van der Waals surface area contributed by atoms with Gasteiger partial charge in [-0.25, -0.2) is 9.28 Å². The molecule has 0 aromatic heterocycles. The fraction of sp³-hybridized carbons (Fsp3) is 0.429. The van der Waals surface area contributed by atoms with Crippen LogP contribution < -0.4 is 4.48 Å². The Morgan fingerprint density at radius 3 is 2.43 bits per heavy atom. The summed E-state index contributed by atoms with van der Waals surface area (Å²) in [6, 6.07) is 4.78. The standard InChI is InChI=1S/C14H15Cl2NO4/c1-2-17(12-9(15)4-3-5-10(12)16)11(18)7-6-8(13(17)19)14(20)21/h3-5,8,13,19H,2,6-7H2,1H3/p+1. The maximum Gasteiger partial charge on any atom is 0.320 e. The first-order valence-electron chi connectivity index (χ1n) is 6.62. The average Bonchev–Trinajstić information content (AvgIpc) is 2.41. The van der Waals surface area contributed by atoms with E-state index in [-0.39, 0.29) is 41.0 Å². The number of benzene rings is 1. The first-order valence-corrected chi connectivity index (χ1v) is 7.38. The Hall–Kier alpha value is -1.14. The summed E-state index contributed by atoms with van der Waals surface area (Å²) < 4.78 is -0.546. The lowest BCUT2D eigenvalue weighted by atomic mass is 9.91. The van der Waals surface area contributed by atoms with E-state index in [0.29, 0.717) is 0 Å². The number of carbonyl (C=O) groups is 2. The van der Waals surface area contributed by atoms with Crippen LogP contribution in [0.3, 0.4) is 0 Å². The Morgan fingerprint density at radius 2 is 1.95 bits per heavy atom. The van der Waals surface area contributed by atoms with Crippen LogP contribution in [0.15, 0.2) is 18.2 Å². The highest BCUT2D eigenvalue weighted by Gasteiger charge is 2.55. The Bertz CT molecular complexity index is 572. The van der Waals surface area contributed by atoms with Crippen molar-refractivity contribution in [1.82, 2.24) is 4.48 Å². The van der Waals surface area contributed by atoms with Gasteiger partial charge in [-0.3, -0.25) is 4.79 Å². The number of carboxylic acid groups (broad SMARTS) is 1. The first-order chi connectivity index (χ1) is 9.86. The van der Waals surface area contributed by atoms with E-state index in [4.69, 9.17) is 23.2 Å². The third-order valence-electron chi connectivity index (χ3n) is 4.08. The first kappa shape index (κ1) is 16.2. The molecule has 3 atom stereocenters. The lowest BCUT2D eigenvalue weighted by molar-refractivity contribution is -0.164. The highest BCUT2D eigenvalue weighted by atomic mass is 35.5. The summed E-state index contributed by atoms with van der Waals surface area (Å²) in [4.78, 5) is 23.9. The van der Waals surface area contributed by atoms with Crippen LogP contribution in [-0.2, 0) is 9.59 Å². The molecule has 1 aromatic carbocycles.